The summed E-state index contributed by atoms with van der Waals surface area (Å²) in [6, 6.07) is 17.7. The lowest BCUT2D eigenvalue weighted by Crippen LogP contribution is -2.28. The topological polar surface area (TPSA) is 54.8 Å². The molecule has 1 heterocycles. The minimum Gasteiger partial charge on any atom is -0.358 e. The van der Waals surface area contributed by atoms with Gasteiger partial charge in [0.15, 0.2) is 5.11 Å². The van der Waals surface area contributed by atoms with E-state index in [9.17, 15) is 0 Å². The number of hydrogen-bond acceptors (Lipinski definition) is 3. The standard InChI is InChI=1S/C17H16ClN5S/c18-15-8-6-14(7-9-15)11-23-12-20-16(22-23)21-17(24)19-10-13-4-2-1-3-5-13/h1-9,12H,10-11H2,(H2,19,21,22,24). The highest BCUT2D eigenvalue weighted by Crippen LogP contribution is 2.10. The second-order valence-corrected chi connectivity index (χ2v) is 6.03. The first-order valence-electron chi connectivity index (χ1n) is 7.42. The summed E-state index contributed by atoms with van der Waals surface area (Å²) in [5.41, 5.74) is 2.25. The van der Waals surface area contributed by atoms with E-state index in [2.05, 4.69) is 20.7 Å². The number of benzene rings is 2. The molecule has 0 radical (unpaired) electrons. The van der Waals surface area contributed by atoms with Crippen LogP contribution in [0.1, 0.15) is 11.1 Å². The van der Waals surface area contributed by atoms with Crippen LogP contribution in [-0.2, 0) is 13.1 Å². The normalized spacial score (nSPS) is 10.4. The number of hydrogen-bond donors (Lipinski definition) is 2. The number of nitrogens with one attached hydrogen (secondary N) is 2. The van der Waals surface area contributed by atoms with Crippen LogP contribution < -0.4 is 10.6 Å². The van der Waals surface area contributed by atoms with Gasteiger partial charge < -0.3 is 5.32 Å². The molecule has 0 aliphatic carbocycles. The lowest BCUT2D eigenvalue weighted by Gasteiger charge is -2.07. The summed E-state index contributed by atoms with van der Waals surface area (Å²) in [6.07, 6.45) is 1.66. The number of rotatable bonds is 5. The third-order valence-electron chi connectivity index (χ3n) is 3.32. The maximum Gasteiger partial charge on any atom is 0.248 e. The Morgan fingerprint density at radius 1 is 1.04 bits per heavy atom. The highest BCUT2D eigenvalue weighted by Gasteiger charge is 2.04. The van der Waals surface area contributed by atoms with Gasteiger partial charge in [-0.3, -0.25) is 5.32 Å². The minimum absolute atomic E-state index is 0.467. The third-order valence-corrected chi connectivity index (χ3v) is 3.81. The van der Waals surface area contributed by atoms with Crippen LogP contribution in [0.15, 0.2) is 60.9 Å². The molecule has 5 nitrogen and oxygen atoms in total. The average Bonchev–Trinajstić information content (AvgIpc) is 3.03. The number of aromatic nitrogens is 3. The Kier molecular flexibility index (Phi) is 5.40. The van der Waals surface area contributed by atoms with Crippen LogP contribution in [0.2, 0.25) is 5.02 Å². The molecule has 2 N–H and O–H groups in total. The fourth-order valence-corrected chi connectivity index (χ4v) is 2.42. The van der Waals surface area contributed by atoms with Gasteiger partial charge in [-0.25, -0.2) is 9.67 Å². The van der Waals surface area contributed by atoms with E-state index >= 15 is 0 Å². The van der Waals surface area contributed by atoms with Crippen molar-refractivity contribution in [2.75, 3.05) is 5.32 Å². The monoisotopic (exact) mass is 357 g/mol. The minimum atomic E-state index is 0.467. The van der Waals surface area contributed by atoms with Gasteiger partial charge in [-0.1, -0.05) is 54.1 Å². The highest BCUT2D eigenvalue weighted by atomic mass is 35.5. The van der Waals surface area contributed by atoms with Crippen LogP contribution in [0.4, 0.5) is 5.95 Å². The van der Waals surface area contributed by atoms with Gasteiger partial charge in [0.25, 0.3) is 0 Å². The third kappa shape index (κ3) is 4.78. The van der Waals surface area contributed by atoms with Crippen molar-refractivity contribution in [1.29, 1.82) is 0 Å². The predicted octanol–water partition coefficient (Wildman–Crippen LogP) is 3.47. The Bertz CT molecular complexity index is 801. The Labute approximate surface area is 150 Å². The summed E-state index contributed by atoms with van der Waals surface area (Å²) < 4.78 is 1.74. The number of nitrogens with zero attached hydrogens (tertiary/aromatic N) is 3. The molecule has 3 rings (SSSR count). The quantitative estimate of drug-likeness (QED) is 0.685. The molecular formula is C17H16ClN5S. The zero-order chi connectivity index (χ0) is 16.8. The van der Waals surface area contributed by atoms with Crippen molar-refractivity contribution in [3.8, 4) is 0 Å². The fourth-order valence-electron chi connectivity index (χ4n) is 2.13. The molecule has 0 atom stereocenters. The van der Waals surface area contributed by atoms with Crippen molar-refractivity contribution in [2.24, 2.45) is 0 Å². The van der Waals surface area contributed by atoms with E-state index in [1.807, 2.05) is 54.6 Å². The summed E-state index contributed by atoms with van der Waals surface area (Å²) in [6.45, 7) is 1.27. The SMILES string of the molecule is S=C(NCc1ccccc1)Nc1ncn(Cc2ccc(Cl)cc2)n1. The molecule has 122 valence electrons. The summed E-state index contributed by atoms with van der Waals surface area (Å²) in [5, 5.41) is 11.7. The molecule has 1 aromatic heterocycles. The van der Waals surface area contributed by atoms with E-state index in [1.54, 1.807) is 11.0 Å². The molecule has 0 spiro atoms. The molecule has 0 saturated heterocycles. The van der Waals surface area contributed by atoms with Crippen molar-refractivity contribution < 1.29 is 0 Å². The van der Waals surface area contributed by atoms with Crippen molar-refractivity contribution in [1.82, 2.24) is 20.1 Å². The summed E-state index contributed by atoms with van der Waals surface area (Å²) in [5.74, 6) is 0.467. The summed E-state index contributed by atoms with van der Waals surface area (Å²) >= 11 is 11.1. The molecular weight excluding hydrogens is 342 g/mol. The van der Waals surface area contributed by atoms with Crippen molar-refractivity contribution in [3.63, 3.8) is 0 Å². The predicted molar refractivity (Wildman–Crippen MR) is 100 cm³/mol. The van der Waals surface area contributed by atoms with Crippen LogP contribution in [0.3, 0.4) is 0 Å². The molecule has 0 amide bonds. The van der Waals surface area contributed by atoms with E-state index in [1.165, 1.54) is 0 Å². The molecule has 0 saturated carbocycles. The second kappa shape index (κ2) is 7.90. The van der Waals surface area contributed by atoms with Gasteiger partial charge in [0.2, 0.25) is 5.95 Å². The van der Waals surface area contributed by atoms with E-state index in [0.717, 1.165) is 16.1 Å². The second-order valence-electron chi connectivity index (χ2n) is 5.19. The van der Waals surface area contributed by atoms with Crippen LogP contribution in [-0.4, -0.2) is 19.9 Å². The number of halogens is 1. The van der Waals surface area contributed by atoms with Crippen molar-refractivity contribution >= 4 is 34.9 Å². The van der Waals surface area contributed by atoms with Crippen LogP contribution in [0, 0.1) is 0 Å². The van der Waals surface area contributed by atoms with Gasteiger partial charge in [-0.15, -0.1) is 5.10 Å². The lowest BCUT2D eigenvalue weighted by molar-refractivity contribution is 0.687. The Morgan fingerprint density at radius 2 is 1.79 bits per heavy atom. The smallest absolute Gasteiger partial charge is 0.248 e. The average molecular weight is 358 g/mol. The van der Waals surface area contributed by atoms with E-state index in [0.29, 0.717) is 24.2 Å². The van der Waals surface area contributed by atoms with Gasteiger partial charge in [-0.05, 0) is 35.5 Å². The van der Waals surface area contributed by atoms with Gasteiger partial charge in [0, 0.05) is 11.6 Å². The Hall–Kier alpha value is -2.44. The molecule has 24 heavy (non-hydrogen) atoms. The van der Waals surface area contributed by atoms with Gasteiger partial charge in [-0.2, -0.15) is 0 Å². The summed E-state index contributed by atoms with van der Waals surface area (Å²) in [7, 11) is 0. The van der Waals surface area contributed by atoms with Gasteiger partial charge in [0.1, 0.15) is 6.33 Å². The van der Waals surface area contributed by atoms with E-state index < -0.39 is 0 Å². The largest absolute Gasteiger partial charge is 0.358 e. The number of thiocarbonyl (C=S) groups is 1. The van der Waals surface area contributed by atoms with Gasteiger partial charge >= 0.3 is 0 Å². The Balaban J connectivity index is 1.51. The molecule has 2 aromatic carbocycles. The van der Waals surface area contributed by atoms with Crippen LogP contribution >= 0.6 is 23.8 Å². The molecule has 0 aliphatic heterocycles. The van der Waals surface area contributed by atoms with E-state index in [-0.39, 0.29) is 0 Å². The maximum atomic E-state index is 5.88. The zero-order valence-corrected chi connectivity index (χ0v) is 14.4. The lowest BCUT2D eigenvalue weighted by atomic mass is 10.2. The first-order valence-corrected chi connectivity index (χ1v) is 8.20. The molecule has 0 unspecified atom stereocenters. The first kappa shape index (κ1) is 16.4. The van der Waals surface area contributed by atoms with Crippen LogP contribution in [0.5, 0.6) is 0 Å². The molecule has 0 aliphatic rings. The first-order chi connectivity index (χ1) is 11.7. The Morgan fingerprint density at radius 3 is 2.54 bits per heavy atom. The molecule has 7 heteroatoms. The fraction of sp³-hybridized carbons (Fsp3) is 0.118. The molecule has 0 fully saturated rings. The molecule has 0 bridgehead atoms. The molecule has 3 aromatic rings. The van der Waals surface area contributed by atoms with Crippen molar-refractivity contribution in [2.45, 2.75) is 13.1 Å². The van der Waals surface area contributed by atoms with Crippen molar-refractivity contribution in [3.05, 3.63) is 77.1 Å². The number of anilines is 1. The zero-order valence-electron chi connectivity index (χ0n) is 12.8. The van der Waals surface area contributed by atoms with Crippen LogP contribution in [0.25, 0.3) is 0 Å². The van der Waals surface area contributed by atoms with E-state index in [4.69, 9.17) is 23.8 Å². The van der Waals surface area contributed by atoms with Gasteiger partial charge in [0.05, 0.1) is 6.54 Å². The maximum absolute atomic E-state index is 5.88. The highest BCUT2D eigenvalue weighted by molar-refractivity contribution is 7.80. The summed E-state index contributed by atoms with van der Waals surface area (Å²) in [4.78, 5) is 4.21.